The van der Waals surface area contributed by atoms with Crippen molar-refractivity contribution in [2.75, 3.05) is 9.80 Å². The van der Waals surface area contributed by atoms with Crippen LogP contribution in [-0.2, 0) is 0 Å². The van der Waals surface area contributed by atoms with Gasteiger partial charge in [0, 0.05) is 50.6 Å². The van der Waals surface area contributed by atoms with Gasteiger partial charge in [0.05, 0.1) is 11.0 Å². The van der Waals surface area contributed by atoms with E-state index in [0.29, 0.717) is 0 Å². The van der Waals surface area contributed by atoms with Crippen LogP contribution in [0.5, 0.6) is 0 Å². The Balaban J connectivity index is 1.28. The fourth-order valence-electron chi connectivity index (χ4n) is 7.99. The van der Waals surface area contributed by atoms with E-state index in [0.717, 1.165) is 28.4 Å². The zero-order valence-corrected chi connectivity index (χ0v) is 30.6. The van der Waals surface area contributed by atoms with Crippen molar-refractivity contribution in [2.24, 2.45) is 0 Å². The van der Waals surface area contributed by atoms with Crippen LogP contribution in [0.3, 0.4) is 0 Å². The number of hydrogen-bond donors (Lipinski definition) is 0. The van der Waals surface area contributed by atoms with E-state index in [1.54, 1.807) is 0 Å². The van der Waals surface area contributed by atoms with Crippen molar-refractivity contribution in [1.29, 1.82) is 0 Å². The molecule has 8 aromatic carbocycles. The van der Waals surface area contributed by atoms with E-state index in [1.165, 1.54) is 66.2 Å². The second kappa shape index (κ2) is 13.2. The first kappa shape index (κ1) is 32.3. The van der Waals surface area contributed by atoms with Crippen LogP contribution in [0, 0.1) is 27.7 Å². The van der Waals surface area contributed by atoms with Crippen molar-refractivity contribution in [3.8, 4) is 5.69 Å². The summed E-state index contributed by atoms with van der Waals surface area (Å²) in [6.07, 6.45) is 0. The minimum atomic E-state index is 1.12. The molecule has 0 fully saturated rings. The molecule has 0 N–H and O–H groups in total. The molecule has 0 aliphatic carbocycles. The molecule has 0 radical (unpaired) electrons. The Bertz CT molecular complexity index is 2760. The van der Waals surface area contributed by atoms with Crippen LogP contribution in [0.25, 0.3) is 38.3 Å². The second-order valence-electron chi connectivity index (χ2n) is 14.2. The van der Waals surface area contributed by atoms with Crippen molar-refractivity contribution in [3.05, 3.63) is 198 Å². The lowest BCUT2D eigenvalue weighted by Crippen LogP contribution is -2.11. The van der Waals surface area contributed by atoms with Crippen LogP contribution < -0.4 is 9.80 Å². The summed E-state index contributed by atoms with van der Waals surface area (Å²) in [6.45, 7) is 8.72. The Morgan fingerprint density at radius 3 is 1.43 bits per heavy atom. The van der Waals surface area contributed by atoms with Gasteiger partial charge < -0.3 is 14.4 Å². The first-order valence-electron chi connectivity index (χ1n) is 18.4. The number of anilines is 6. The molecule has 256 valence electrons. The molecule has 0 saturated heterocycles. The second-order valence-corrected chi connectivity index (χ2v) is 14.2. The lowest BCUT2D eigenvalue weighted by atomic mass is 10.0. The third-order valence-electron chi connectivity index (χ3n) is 10.4. The smallest absolute Gasteiger partial charge is 0.0561 e. The average molecular weight is 684 g/mol. The third kappa shape index (κ3) is 5.81. The number of nitrogens with zero attached hydrogens (tertiary/aromatic N) is 3. The van der Waals surface area contributed by atoms with Crippen molar-refractivity contribution < 1.29 is 0 Å². The van der Waals surface area contributed by atoms with Crippen LogP contribution in [-0.4, -0.2) is 4.57 Å². The van der Waals surface area contributed by atoms with E-state index in [-0.39, 0.29) is 0 Å². The standard InChI is InChI=1S/C50H41N3/c1-34-20-26-47(36(3)28-34)51(40-14-8-5-9-15-40)43-23-22-38-31-46-45-25-24-44(52(41-16-10-6-11-17-41)48-27-21-35(2)29-37(48)4)33-50(45)53(42-18-12-7-13-19-42)49(46)32-39(38)30-43/h5-33H,1-4H3. The van der Waals surface area contributed by atoms with Crippen LogP contribution in [0.1, 0.15) is 22.3 Å². The highest BCUT2D eigenvalue weighted by Crippen LogP contribution is 2.43. The minimum Gasteiger partial charge on any atom is -0.310 e. The molecule has 3 nitrogen and oxygen atoms in total. The van der Waals surface area contributed by atoms with Crippen LogP contribution in [0.15, 0.2) is 176 Å². The first-order chi connectivity index (χ1) is 25.9. The van der Waals surface area contributed by atoms with Gasteiger partial charge in [-0.25, -0.2) is 0 Å². The lowest BCUT2D eigenvalue weighted by Gasteiger charge is -2.27. The van der Waals surface area contributed by atoms with Crippen LogP contribution >= 0.6 is 0 Å². The average Bonchev–Trinajstić information content (AvgIpc) is 3.49. The maximum atomic E-state index is 2.44. The van der Waals surface area contributed by atoms with Crippen molar-refractivity contribution in [1.82, 2.24) is 4.57 Å². The number of aromatic nitrogens is 1. The Morgan fingerprint density at radius 1 is 0.358 bits per heavy atom. The SMILES string of the molecule is Cc1ccc(N(c2ccccc2)c2ccc3cc4c5ccc(N(c6ccccc6)c6ccc(C)cc6C)cc5n(-c5ccccc5)c4cc3c2)c(C)c1. The number of fused-ring (bicyclic) bond motifs is 4. The van der Waals surface area contributed by atoms with Crippen LogP contribution in [0.4, 0.5) is 34.1 Å². The summed E-state index contributed by atoms with van der Waals surface area (Å²) >= 11 is 0. The molecule has 53 heavy (non-hydrogen) atoms. The van der Waals surface area contributed by atoms with E-state index in [2.05, 4.69) is 218 Å². The zero-order valence-electron chi connectivity index (χ0n) is 30.6. The Labute approximate surface area is 311 Å². The molecule has 1 aromatic heterocycles. The summed E-state index contributed by atoms with van der Waals surface area (Å²) in [5.74, 6) is 0. The lowest BCUT2D eigenvalue weighted by molar-refractivity contribution is 1.18. The first-order valence-corrected chi connectivity index (χ1v) is 18.4. The van der Waals surface area contributed by atoms with E-state index >= 15 is 0 Å². The van der Waals surface area contributed by atoms with Crippen molar-refractivity contribution in [3.63, 3.8) is 0 Å². The van der Waals surface area contributed by atoms with Gasteiger partial charge in [0.2, 0.25) is 0 Å². The van der Waals surface area contributed by atoms with E-state index < -0.39 is 0 Å². The van der Waals surface area contributed by atoms with Gasteiger partial charge in [-0.05, 0) is 135 Å². The molecule has 0 amide bonds. The van der Waals surface area contributed by atoms with E-state index in [4.69, 9.17) is 0 Å². The quantitative estimate of drug-likeness (QED) is 0.166. The minimum absolute atomic E-state index is 1.12. The molecule has 0 saturated carbocycles. The third-order valence-corrected chi connectivity index (χ3v) is 10.4. The normalized spacial score (nSPS) is 11.4. The fraction of sp³-hybridized carbons (Fsp3) is 0.0800. The van der Waals surface area contributed by atoms with Crippen molar-refractivity contribution >= 4 is 66.7 Å². The van der Waals surface area contributed by atoms with Gasteiger partial charge in [0.1, 0.15) is 0 Å². The van der Waals surface area contributed by atoms with Crippen molar-refractivity contribution in [2.45, 2.75) is 27.7 Å². The highest BCUT2D eigenvalue weighted by atomic mass is 15.2. The number of benzene rings is 8. The number of rotatable bonds is 7. The van der Waals surface area contributed by atoms with Gasteiger partial charge in [-0.15, -0.1) is 0 Å². The highest BCUT2D eigenvalue weighted by molar-refractivity contribution is 6.14. The molecule has 9 aromatic rings. The molecule has 3 heteroatoms. The van der Waals surface area contributed by atoms with Crippen LogP contribution in [0.2, 0.25) is 0 Å². The molecule has 1 heterocycles. The maximum absolute atomic E-state index is 2.44. The van der Waals surface area contributed by atoms with Gasteiger partial charge in [0.15, 0.2) is 0 Å². The largest absolute Gasteiger partial charge is 0.310 e. The Morgan fingerprint density at radius 2 is 0.868 bits per heavy atom. The van der Waals surface area contributed by atoms with Gasteiger partial charge >= 0.3 is 0 Å². The Kier molecular flexibility index (Phi) is 8.05. The summed E-state index contributed by atoms with van der Waals surface area (Å²) in [4.78, 5) is 4.76. The molecular formula is C50H41N3. The molecule has 0 bridgehead atoms. The van der Waals surface area contributed by atoms with Gasteiger partial charge in [-0.3, -0.25) is 0 Å². The molecule has 0 spiro atoms. The van der Waals surface area contributed by atoms with Gasteiger partial charge in [-0.1, -0.05) is 102 Å². The van der Waals surface area contributed by atoms with E-state index in [1.807, 2.05) is 0 Å². The summed E-state index contributed by atoms with van der Waals surface area (Å²) in [5, 5.41) is 4.88. The summed E-state index contributed by atoms with van der Waals surface area (Å²) in [7, 11) is 0. The van der Waals surface area contributed by atoms with Gasteiger partial charge in [-0.2, -0.15) is 0 Å². The Hall–Kier alpha value is -6.58. The molecule has 0 aliphatic rings. The summed E-state index contributed by atoms with van der Waals surface area (Å²) in [5.41, 5.74) is 15.4. The predicted octanol–water partition coefficient (Wildman–Crippen LogP) is 14.1. The highest BCUT2D eigenvalue weighted by Gasteiger charge is 2.20. The summed E-state index contributed by atoms with van der Waals surface area (Å²) < 4.78 is 2.44. The topological polar surface area (TPSA) is 11.4 Å². The molecule has 0 aliphatic heterocycles. The monoisotopic (exact) mass is 683 g/mol. The molecule has 0 unspecified atom stereocenters. The maximum Gasteiger partial charge on any atom is 0.0561 e. The molecule has 0 atom stereocenters. The summed E-state index contributed by atoms with van der Waals surface area (Å²) in [6, 6.07) is 64.2. The molecule has 9 rings (SSSR count). The number of para-hydroxylation sites is 3. The number of hydrogen-bond acceptors (Lipinski definition) is 2. The molecular weight excluding hydrogens is 643 g/mol. The zero-order chi connectivity index (χ0) is 36.1. The fourth-order valence-corrected chi connectivity index (χ4v) is 7.99. The number of aryl methyl sites for hydroxylation is 4. The van der Waals surface area contributed by atoms with E-state index in [9.17, 15) is 0 Å². The van der Waals surface area contributed by atoms with Gasteiger partial charge in [0.25, 0.3) is 0 Å². The predicted molar refractivity (Wildman–Crippen MR) is 227 cm³/mol.